The lowest BCUT2D eigenvalue weighted by atomic mass is 10.0. The molecule has 6 rings (SSSR count). The number of nitriles is 1. The van der Waals surface area contributed by atoms with E-state index in [1.54, 1.807) is 24.5 Å². The van der Waals surface area contributed by atoms with Gasteiger partial charge in [0.15, 0.2) is 11.5 Å². The van der Waals surface area contributed by atoms with Gasteiger partial charge in [0.25, 0.3) is 0 Å². The number of rotatable bonds is 7. The molecule has 1 aliphatic rings. The van der Waals surface area contributed by atoms with Gasteiger partial charge in [0.2, 0.25) is 5.82 Å². The molecule has 0 saturated carbocycles. The molecule has 0 bridgehead atoms. The number of aromatic nitrogens is 6. The van der Waals surface area contributed by atoms with Crippen LogP contribution < -0.4 is 11.1 Å². The van der Waals surface area contributed by atoms with Crippen molar-refractivity contribution in [2.24, 2.45) is 0 Å². The van der Waals surface area contributed by atoms with E-state index >= 15 is 0 Å². The molecule has 0 aliphatic carbocycles. The van der Waals surface area contributed by atoms with E-state index in [1.165, 1.54) is 5.56 Å². The maximum Gasteiger partial charge on any atom is 0.234 e. The normalized spacial score (nSPS) is 14.3. The number of imidazole rings is 1. The zero-order chi connectivity index (χ0) is 27.5. The highest BCUT2D eigenvalue weighted by atomic mass is 16.3. The van der Waals surface area contributed by atoms with E-state index < -0.39 is 0 Å². The van der Waals surface area contributed by atoms with Crippen molar-refractivity contribution in [2.45, 2.75) is 32.0 Å². The number of hydrogen-bond acceptors (Lipinski definition) is 10. The first kappa shape index (κ1) is 25.4. The Bertz CT molecular complexity index is 1680. The molecular weight excluding hydrogens is 504 g/mol. The van der Waals surface area contributed by atoms with Gasteiger partial charge in [0, 0.05) is 43.8 Å². The van der Waals surface area contributed by atoms with Crippen LogP contribution in [0.3, 0.4) is 0 Å². The molecule has 0 radical (unpaired) electrons. The number of nitrogens with one attached hydrogen (secondary N) is 1. The standard InChI is InChI=1S/C29H28N10O/c30-16-26-32-13-9-25(37-26)34-20-10-14-38(15-11-20)17-19-3-6-22(7-4-19)39-28(23-2-1-12-33-27(23)31)36-24-8-5-21(18-40)35-29(24)39/h1-9,12-13,20,40H,10-11,14-15,17-18H2,(H2,31,33)(H,32,34,37). The van der Waals surface area contributed by atoms with Crippen molar-refractivity contribution in [1.29, 1.82) is 5.26 Å². The number of piperidine rings is 1. The maximum absolute atomic E-state index is 9.68. The Morgan fingerprint density at radius 2 is 1.80 bits per heavy atom. The smallest absolute Gasteiger partial charge is 0.234 e. The highest BCUT2D eigenvalue weighted by molar-refractivity contribution is 5.82. The molecule has 5 aromatic rings. The predicted molar refractivity (Wildman–Crippen MR) is 151 cm³/mol. The van der Waals surface area contributed by atoms with Crippen LogP contribution in [-0.2, 0) is 13.2 Å². The van der Waals surface area contributed by atoms with Crippen LogP contribution in [0.25, 0.3) is 28.2 Å². The Labute approximate surface area is 231 Å². The number of nitrogens with two attached hydrogens (primary N) is 1. The van der Waals surface area contributed by atoms with Gasteiger partial charge in [-0.25, -0.2) is 24.9 Å². The van der Waals surface area contributed by atoms with E-state index in [0.29, 0.717) is 40.4 Å². The van der Waals surface area contributed by atoms with Crippen molar-refractivity contribution in [3.05, 3.63) is 84.1 Å². The van der Waals surface area contributed by atoms with Gasteiger partial charge in [0.1, 0.15) is 23.2 Å². The first-order valence-electron chi connectivity index (χ1n) is 13.1. The van der Waals surface area contributed by atoms with Crippen LogP contribution in [-0.4, -0.2) is 58.6 Å². The molecule has 1 fully saturated rings. The number of likely N-dealkylation sites (tertiary alicyclic amines) is 1. The summed E-state index contributed by atoms with van der Waals surface area (Å²) < 4.78 is 1.97. The molecule has 0 atom stereocenters. The van der Waals surface area contributed by atoms with Crippen LogP contribution in [0.5, 0.6) is 0 Å². The number of nitrogen functional groups attached to an aromatic ring is 1. The van der Waals surface area contributed by atoms with Gasteiger partial charge in [-0.2, -0.15) is 5.26 Å². The molecule has 1 aromatic carbocycles. The van der Waals surface area contributed by atoms with Crippen LogP contribution in [0.4, 0.5) is 11.6 Å². The first-order chi connectivity index (χ1) is 19.6. The fourth-order valence-electron chi connectivity index (χ4n) is 5.06. The molecule has 11 heteroatoms. The second-order valence-corrected chi connectivity index (χ2v) is 9.75. The number of fused-ring (bicyclic) bond motifs is 1. The Kier molecular flexibility index (Phi) is 7.01. The Morgan fingerprint density at radius 3 is 2.55 bits per heavy atom. The van der Waals surface area contributed by atoms with E-state index in [9.17, 15) is 5.11 Å². The van der Waals surface area contributed by atoms with E-state index in [1.807, 2.05) is 28.8 Å². The van der Waals surface area contributed by atoms with Gasteiger partial charge in [-0.3, -0.25) is 9.47 Å². The molecule has 11 nitrogen and oxygen atoms in total. The number of anilines is 2. The highest BCUT2D eigenvalue weighted by Gasteiger charge is 2.21. The maximum atomic E-state index is 9.68. The average Bonchev–Trinajstić information content (AvgIpc) is 3.37. The third kappa shape index (κ3) is 5.18. The molecule has 0 amide bonds. The third-order valence-electron chi connectivity index (χ3n) is 7.10. The average molecular weight is 533 g/mol. The minimum Gasteiger partial charge on any atom is -0.390 e. The summed E-state index contributed by atoms with van der Waals surface area (Å²) >= 11 is 0. The topological polar surface area (TPSA) is 155 Å². The van der Waals surface area contributed by atoms with Gasteiger partial charge < -0.3 is 16.2 Å². The van der Waals surface area contributed by atoms with Gasteiger partial charge in [-0.15, -0.1) is 0 Å². The zero-order valence-electron chi connectivity index (χ0n) is 21.8. The Hall–Kier alpha value is -4.92. The fourth-order valence-corrected chi connectivity index (χ4v) is 5.06. The summed E-state index contributed by atoms with van der Waals surface area (Å²) in [4.78, 5) is 24.3. The largest absolute Gasteiger partial charge is 0.390 e. The molecule has 200 valence electrons. The summed E-state index contributed by atoms with van der Waals surface area (Å²) in [5, 5.41) is 22.1. The summed E-state index contributed by atoms with van der Waals surface area (Å²) in [7, 11) is 0. The second-order valence-electron chi connectivity index (χ2n) is 9.75. The van der Waals surface area contributed by atoms with Gasteiger partial charge >= 0.3 is 0 Å². The number of pyridine rings is 2. The lowest BCUT2D eigenvalue weighted by Gasteiger charge is -2.32. The van der Waals surface area contributed by atoms with Crippen molar-refractivity contribution in [3.63, 3.8) is 0 Å². The van der Waals surface area contributed by atoms with Gasteiger partial charge in [-0.05, 0) is 60.9 Å². The van der Waals surface area contributed by atoms with Crippen molar-refractivity contribution >= 4 is 22.8 Å². The SMILES string of the molecule is N#Cc1nccc(NC2CCN(Cc3ccc(-n4c(-c5cccnc5N)nc5ccc(CO)nc54)cc3)CC2)n1. The number of aliphatic hydroxyl groups is 1. The third-order valence-corrected chi connectivity index (χ3v) is 7.10. The second kappa shape index (κ2) is 11.1. The number of hydrogen-bond donors (Lipinski definition) is 3. The van der Waals surface area contributed by atoms with Crippen LogP contribution in [0.2, 0.25) is 0 Å². The molecule has 1 aliphatic heterocycles. The lowest BCUT2D eigenvalue weighted by Crippen LogP contribution is -2.38. The zero-order valence-corrected chi connectivity index (χ0v) is 21.8. The molecule has 4 aromatic heterocycles. The molecule has 0 unspecified atom stereocenters. The first-order valence-corrected chi connectivity index (χ1v) is 13.1. The Balaban J connectivity index is 1.19. The summed E-state index contributed by atoms with van der Waals surface area (Å²) in [6, 6.07) is 19.8. The fraction of sp³-hybridized carbons (Fsp3) is 0.241. The van der Waals surface area contributed by atoms with Gasteiger partial charge in [-0.1, -0.05) is 12.1 Å². The van der Waals surface area contributed by atoms with E-state index in [2.05, 4.69) is 54.4 Å². The van der Waals surface area contributed by atoms with Crippen LogP contribution in [0.15, 0.2) is 67.0 Å². The van der Waals surface area contributed by atoms with Crippen LogP contribution in [0, 0.1) is 11.3 Å². The molecule has 4 N–H and O–H groups in total. The summed E-state index contributed by atoms with van der Waals surface area (Å²) in [5.41, 5.74) is 11.0. The molecule has 1 saturated heterocycles. The quantitative estimate of drug-likeness (QED) is 0.284. The molecule has 0 spiro atoms. The van der Waals surface area contributed by atoms with Crippen molar-refractivity contribution in [1.82, 2.24) is 34.4 Å². The number of aliphatic hydroxyl groups excluding tert-OH is 1. The summed E-state index contributed by atoms with van der Waals surface area (Å²) in [6.45, 7) is 2.61. The van der Waals surface area contributed by atoms with Crippen LogP contribution >= 0.6 is 0 Å². The highest BCUT2D eigenvalue weighted by Crippen LogP contribution is 2.30. The van der Waals surface area contributed by atoms with E-state index in [4.69, 9.17) is 16.0 Å². The lowest BCUT2D eigenvalue weighted by molar-refractivity contribution is 0.211. The minimum absolute atomic E-state index is 0.156. The minimum atomic E-state index is -0.156. The summed E-state index contributed by atoms with van der Waals surface area (Å²) in [5.74, 6) is 1.91. The van der Waals surface area contributed by atoms with E-state index in [-0.39, 0.29) is 12.4 Å². The molecule has 40 heavy (non-hydrogen) atoms. The number of benzene rings is 1. The van der Waals surface area contributed by atoms with Gasteiger partial charge in [0.05, 0.1) is 17.9 Å². The molecular formula is C29H28N10O. The van der Waals surface area contributed by atoms with Crippen molar-refractivity contribution in [2.75, 3.05) is 24.1 Å². The summed E-state index contributed by atoms with van der Waals surface area (Å²) in [6.07, 6.45) is 5.23. The predicted octanol–water partition coefficient (Wildman–Crippen LogP) is 3.30. The van der Waals surface area contributed by atoms with Crippen LogP contribution in [0.1, 0.15) is 29.9 Å². The Morgan fingerprint density at radius 1 is 0.975 bits per heavy atom. The van der Waals surface area contributed by atoms with Crippen molar-refractivity contribution < 1.29 is 5.11 Å². The van der Waals surface area contributed by atoms with Crippen molar-refractivity contribution in [3.8, 4) is 23.1 Å². The number of nitrogens with zero attached hydrogens (tertiary/aromatic N) is 8. The monoisotopic (exact) mass is 532 g/mol. The van der Waals surface area contributed by atoms with E-state index in [0.717, 1.165) is 43.7 Å². The molecule has 5 heterocycles.